The Kier molecular flexibility index (Phi) is 6.34. The molecule has 1 N–H and O–H groups in total. The number of benzene rings is 2. The fraction of sp³-hybridized carbons (Fsp3) is 0.391. The van der Waals surface area contributed by atoms with E-state index in [4.69, 9.17) is 4.74 Å². The third-order valence-electron chi connectivity index (χ3n) is 5.14. The molecule has 2 amide bonds. The summed E-state index contributed by atoms with van der Waals surface area (Å²) in [4.78, 5) is 26.9. The zero-order chi connectivity index (χ0) is 20.1. The molecule has 5 heteroatoms. The average molecular weight is 380 g/mol. The predicted molar refractivity (Wildman–Crippen MR) is 112 cm³/mol. The molecule has 0 saturated carbocycles. The Balaban J connectivity index is 1.64. The molecule has 1 fully saturated rings. The van der Waals surface area contributed by atoms with Gasteiger partial charge in [-0.3, -0.25) is 9.59 Å². The third-order valence-corrected chi connectivity index (χ3v) is 5.14. The first-order valence-electron chi connectivity index (χ1n) is 9.90. The number of rotatable bonds is 7. The number of carbonyl (C=O) groups excluding carboxylic acids is 2. The van der Waals surface area contributed by atoms with E-state index in [1.165, 1.54) is 0 Å². The maximum Gasteiger partial charge on any atom is 0.229 e. The van der Waals surface area contributed by atoms with Crippen molar-refractivity contribution in [3.8, 4) is 5.75 Å². The average Bonchev–Trinajstić information content (AvgIpc) is 3.07. The summed E-state index contributed by atoms with van der Waals surface area (Å²) >= 11 is 0. The van der Waals surface area contributed by atoms with Crippen molar-refractivity contribution in [1.82, 2.24) is 0 Å². The van der Waals surface area contributed by atoms with Crippen LogP contribution in [-0.4, -0.2) is 25.0 Å². The Bertz CT molecular complexity index is 825. The molecular weight excluding hydrogens is 352 g/mol. The molecule has 0 bridgehead atoms. The van der Waals surface area contributed by atoms with Gasteiger partial charge in [0.1, 0.15) is 5.75 Å². The summed E-state index contributed by atoms with van der Waals surface area (Å²) in [5.41, 5.74) is 3.68. The normalized spacial score (nSPS) is 16.3. The highest BCUT2D eigenvalue weighted by molar-refractivity contribution is 6.03. The first-order valence-corrected chi connectivity index (χ1v) is 9.90. The lowest BCUT2D eigenvalue weighted by Crippen LogP contribution is -2.28. The smallest absolute Gasteiger partial charge is 0.229 e. The van der Waals surface area contributed by atoms with Gasteiger partial charge in [0, 0.05) is 24.3 Å². The number of amides is 2. The molecule has 2 aromatic rings. The number of unbranched alkanes of at least 4 members (excludes halogenated alkanes) is 1. The van der Waals surface area contributed by atoms with Crippen LogP contribution in [-0.2, 0) is 9.59 Å². The van der Waals surface area contributed by atoms with E-state index in [0.29, 0.717) is 13.2 Å². The van der Waals surface area contributed by atoms with Crippen molar-refractivity contribution < 1.29 is 14.3 Å². The van der Waals surface area contributed by atoms with E-state index >= 15 is 0 Å². The second-order valence-corrected chi connectivity index (χ2v) is 7.36. The third kappa shape index (κ3) is 4.53. The second kappa shape index (κ2) is 8.91. The Labute approximate surface area is 166 Å². The predicted octanol–water partition coefficient (Wildman–Crippen LogP) is 4.47. The lowest BCUT2D eigenvalue weighted by molar-refractivity contribution is -0.122. The minimum atomic E-state index is -0.355. The van der Waals surface area contributed by atoms with E-state index in [-0.39, 0.29) is 24.2 Å². The summed E-state index contributed by atoms with van der Waals surface area (Å²) in [6.45, 7) is 7.15. The van der Waals surface area contributed by atoms with Crippen LogP contribution in [0.4, 0.5) is 11.4 Å². The highest BCUT2D eigenvalue weighted by atomic mass is 16.5. The topological polar surface area (TPSA) is 58.6 Å². The van der Waals surface area contributed by atoms with Gasteiger partial charge in [-0.25, -0.2) is 0 Å². The number of para-hydroxylation sites is 1. The van der Waals surface area contributed by atoms with Crippen molar-refractivity contribution in [2.24, 2.45) is 5.92 Å². The molecule has 1 atom stereocenters. The maximum atomic E-state index is 12.7. The summed E-state index contributed by atoms with van der Waals surface area (Å²) in [6.07, 6.45) is 2.33. The quantitative estimate of drug-likeness (QED) is 0.721. The number of hydrogen-bond donors (Lipinski definition) is 1. The molecule has 5 nitrogen and oxygen atoms in total. The Hall–Kier alpha value is -2.82. The van der Waals surface area contributed by atoms with Crippen LogP contribution < -0.4 is 15.0 Å². The van der Waals surface area contributed by atoms with Gasteiger partial charge in [0.15, 0.2) is 0 Å². The van der Waals surface area contributed by atoms with Crippen LogP contribution in [0.2, 0.25) is 0 Å². The van der Waals surface area contributed by atoms with Gasteiger partial charge in [-0.05, 0) is 55.7 Å². The van der Waals surface area contributed by atoms with Crippen molar-refractivity contribution in [1.29, 1.82) is 0 Å². The second-order valence-electron chi connectivity index (χ2n) is 7.36. The zero-order valence-electron chi connectivity index (χ0n) is 16.8. The first kappa shape index (κ1) is 19.9. The largest absolute Gasteiger partial charge is 0.494 e. The number of nitrogens with zero attached hydrogens (tertiary/aromatic N) is 1. The number of aryl methyl sites for hydroxylation is 2. The van der Waals surface area contributed by atoms with Crippen LogP contribution >= 0.6 is 0 Å². The summed E-state index contributed by atoms with van der Waals surface area (Å²) in [5.74, 6) is 0.314. The lowest BCUT2D eigenvalue weighted by Gasteiger charge is -2.18. The Morgan fingerprint density at radius 2 is 1.82 bits per heavy atom. The van der Waals surface area contributed by atoms with Gasteiger partial charge in [-0.1, -0.05) is 31.5 Å². The fourth-order valence-corrected chi connectivity index (χ4v) is 3.43. The number of nitrogens with one attached hydrogen (secondary N) is 1. The molecule has 0 aromatic heterocycles. The highest BCUT2D eigenvalue weighted by Gasteiger charge is 2.35. The van der Waals surface area contributed by atoms with Crippen molar-refractivity contribution in [3.05, 3.63) is 53.6 Å². The van der Waals surface area contributed by atoms with E-state index in [0.717, 1.165) is 41.1 Å². The number of anilines is 2. The van der Waals surface area contributed by atoms with Gasteiger partial charge in [-0.2, -0.15) is 0 Å². The van der Waals surface area contributed by atoms with Crippen LogP contribution in [0, 0.1) is 19.8 Å². The van der Waals surface area contributed by atoms with E-state index in [1.807, 2.05) is 56.3 Å². The van der Waals surface area contributed by atoms with Crippen LogP contribution in [0.5, 0.6) is 5.75 Å². The molecule has 0 spiro atoms. The summed E-state index contributed by atoms with van der Waals surface area (Å²) in [7, 11) is 0. The molecule has 1 aliphatic rings. The molecule has 0 radical (unpaired) electrons. The summed E-state index contributed by atoms with van der Waals surface area (Å²) in [5, 5.41) is 3.01. The number of hydrogen-bond acceptors (Lipinski definition) is 3. The molecule has 1 aliphatic heterocycles. The first-order chi connectivity index (χ1) is 13.5. The summed E-state index contributed by atoms with van der Waals surface area (Å²) < 4.78 is 5.67. The van der Waals surface area contributed by atoms with Crippen molar-refractivity contribution in [3.63, 3.8) is 0 Å². The molecule has 1 heterocycles. The van der Waals surface area contributed by atoms with Crippen LogP contribution in [0.1, 0.15) is 37.3 Å². The fourth-order valence-electron chi connectivity index (χ4n) is 3.43. The van der Waals surface area contributed by atoms with Crippen molar-refractivity contribution in [2.75, 3.05) is 23.4 Å². The molecular formula is C23H28N2O3. The van der Waals surface area contributed by atoms with E-state index in [2.05, 4.69) is 12.2 Å². The van der Waals surface area contributed by atoms with E-state index < -0.39 is 0 Å². The molecule has 1 unspecified atom stereocenters. The minimum Gasteiger partial charge on any atom is -0.494 e. The molecule has 3 rings (SSSR count). The van der Waals surface area contributed by atoms with Gasteiger partial charge in [-0.15, -0.1) is 0 Å². The standard InChI is InChI=1S/C23H28N2O3/c1-4-5-13-28-20-11-9-19(10-12-20)25-15-18(14-21(25)26)23(27)24-22-16(2)7-6-8-17(22)3/h6-12,18H,4-5,13-15H2,1-3H3,(H,24,27). The van der Waals surface area contributed by atoms with Gasteiger partial charge in [0.05, 0.1) is 12.5 Å². The van der Waals surface area contributed by atoms with E-state index in [9.17, 15) is 9.59 Å². The van der Waals surface area contributed by atoms with Gasteiger partial charge >= 0.3 is 0 Å². The van der Waals surface area contributed by atoms with Gasteiger partial charge in [0.25, 0.3) is 0 Å². The van der Waals surface area contributed by atoms with Crippen LogP contribution in [0.25, 0.3) is 0 Å². The van der Waals surface area contributed by atoms with Crippen molar-refractivity contribution in [2.45, 2.75) is 40.0 Å². The maximum absolute atomic E-state index is 12.7. The molecule has 2 aromatic carbocycles. The highest BCUT2D eigenvalue weighted by Crippen LogP contribution is 2.28. The zero-order valence-corrected chi connectivity index (χ0v) is 16.8. The number of carbonyl (C=O) groups is 2. The Morgan fingerprint density at radius 1 is 1.14 bits per heavy atom. The Morgan fingerprint density at radius 3 is 2.46 bits per heavy atom. The minimum absolute atomic E-state index is 0.0266. The number of ether oxygens (including phenoxy) is 1. The SMILES string of the molecule is CCCCOc1ccc(N2CC(C(=O)Nc3c(C)cccc3C)CC2=O)cc1. The van der Waals surface area contributed by atoms with Crippen molar-refractivity contribution >= 4 is 23.2 Å². The molecule has 1 saturated heterocycles. The van der Waals surface area contributed by atoms with Gasteiger partial charge in [0.2, 0.25) is 11.8 Å². The summed E-state index contributed by atoms with van der Waals surface area (Å²) in [6, 6.07) is 13.4. The van der Waals surface area contributed by atoms with Crippen LogP contribution in [0.3, 0.4) is 0 Å². The lowest BCUT2D eigenvalue weighted by atomic mass is 10.1. The molecule has 148 valence electrons. The van der Waals surface area contributed by atoms with E-state index in [1.54, 1.807) is 4.90 Å². The molecule has 28 heavy (non-hydrogen) atoms. The van der Waals surface area contributed by atoms with Gasteiger partial charge < -0.3 is 15.0 Å². The van der Waals surface area contributed by atoms with Crippen LogP contribution in [0.15, 0.2) is 42.5 Å². The molecule has 0 aliphatic carbocycles. The monoisotopic (exact) mass is 380 g/mol.